The average Bonchev–Trinajstić information content (AvgIpc) is 3.47. The van der Waals surface area contributed by atoms with Crippen LogP contribution in [0.5, 0.6) is 0 Å². The molecule has 0 aliphatic rings. The minimum absolute atomic E-state index is 0.0398. The van der Waals surface area contributed by atoms with Crippen molar-refractivity contribution >= 4 is 38.5 Å². The highest BCUT2D eigenvalue weighted by molar-refractivity contribution is 7.92. The number of benzene rings is 2. The Balaban J connectivity index is 1.74. The summed E-state index contributed by atoms with van der Waals surface area (Å²) in [5.41, 5.74) is 2.94. The van der Waals surface area contributed by atoms with Crippen molar-refractivity contribution in [2.45, 2.75) is 29.9 Å². The van der Waals surface area contributed by atoms with Gasteiger partial charge in [0.05, 0.1) is 16.2 Å². The van der Waals surface area contributed by atoms with E-state index in [0.717, 1.165) is 11.3 Å². The molecule has 4 rings (SSSR count). The maximum atomic E-state index is 13.6. The molecule has 0 spiro atoms. The van der Waals surface area contributed by atoms with Crippen LogP contribution < -0.4 is 0 Å². The summed E-state index contributed by atoms with van der Waals surface area (Å²) in [5, 5.41) is 12.4. The standard InChI is InChI=1S/C24H21NO4S3/c1-15(2)16-5-7-17(8-6-16)20-14-31-23(25-20)22(21-4-3-13-30-21)32(28,29)19-11-9-18(10-12-19)24(26)27/h3-15,22H,1-2H3,(H,26,27). The Bertz CT molecular complexity index is 1320. The number of carboxylic acid groups (broad SMARTS) is 1. The number of carbonyl (C=O) groups is 1. The highest BCUT2D eigenvalue weighted by atomic mass is 32.2. The molecule has 164 valence electrons. The van der Waals surface area contributed by atoms with E-state index in [1.54, 1.807) is 6.07 Å². The molecule has 0 aliphatic heterocycles. The summed E-state index contributed by atoms with van der Waals surface area (Å²) in [5.74, 6) is -0.673. The van der Waals surface area contributed by atoms with Gasteiger partial charge in [-0.2, -0.15) is 0 Å². The number of carboxylic acids is 1. The predicted molar refractivity (Wildman–Crippen MR) is 128 cm³/mol. The van der Waals surface area contributed by atoms with Gasteiger partial charge >= 0.3 is 5.97 Å². The number of thiazole rings is 1. The third kappa shape index (κ3) is 4.39. The third-order valence-electron chi connectivity index (χ3n) is 5.16. The highest BCUT2D eigenvalue weighted by Gasteiger charge is 2.34. The van der Waals surface area contributed by atoms with Crippen LogP contribution in [0.2, 0.25) is 0 Å². The van der Waals surface area contributed by atoms with Gasteiger partial charge in [-0.15, -0.1) is 22.7 Å². The van der Waals surface area contributed by atoms with Crippen LogP contribution in [0.25, 0.3) is 11.3 Å². The van der Waals surface area contributed by atoms with Crippen LogP contribution in [0.1, 0.15) is 50.8 Å². The summed E-state index contributed by atoms with van der Waals surface area (Å²) in [6, 6.07) is 17.1. The molecule has 8 heteroatoms. The van der Waals surface area contributed by atoms with Gasteiger partial charge in [0.15, 0.2) is 15.1 Å². The maximum Gasteiger partial charge on any atom is 0.335 e. The number of rotatable bonds is 7. The van der Waals surface area contributed by atoms with Crippen molar-refractivity contribution in [3.8, 4) is 11.3 Å². The predicted octanol–water partition coefficient (Wildman–Crippen LogP) is 6.26. The SMILES string of the molecule is CC(C)c1ccc(-c2csc(C(c3cccs3)S(=O)(=O)c3ccc(C(=O)O)cc3)n2)cc1. The number of thiophene rings is 1. The van der Waals surface area contributed by atoms with Gasteiger partial charge in [0.1, 0.15) is 5.01 Å². The van der Waals surface area contributed by atoms with Crippen molar-refractivity contribution < 1.29 is 18.3 Å². The van der Waals surface area contributed by atoms with Crippen molar-refractivity contribution in [1.82, 2.24) is 4.98 Å². The molecule has 0 aliphatic carbocycles. The molecule has 2 heterocycles. The molecular weight excluding hydrogens is 462 g/mol. The van der Waals surface area contributed by atoms with E-state index in [0.29, 0.717) is 15.8 Å². The molecule has 1 N–H and O–H groups in total. The number of nitrogens with zero attached hydrogens (tertiary/aromatic N) is 1. The number of hydrogen-bond donors (Lipinski definition) is 1. The van der Waals surface area contributed by atoms with E-state index < -0.39 is 21.1 Å². The van der Waals surface area contributed by atoms with Crippen LogP contribution in [0.4, 0.5) is 0 Å². The van der Waals surface area contributed by atoms with Gasteiger partial charge in [-0.1, -0.05) is 44.2 Å². The van der Waals surface area contributed by atoms with E-state index >= 15 is 0 Å². The summed E-state index contributed by atoms with van der Waals surface area (Å²) in [6.45, 7) is 4.27. The normalized spacial score (nSPS) is 12.7. The quantitative estimate of drug-likeness (QED) is 0.335. The van der Waals surface area contributed by atoms with Gasteiger partial charge < -0.3 is 5.11 Å². The fraction of sp³-hybridized carbons (Fsp3) is 0.167. The molecule has 2 aromatic heterocycles. The van der Waals surface area contributed by atoms with Gasteiger partial charge in [-0.3, -0.25) is 0 Å². The van der Waals surface area contributed by atoms with E-state index in [4.69, 9.17) is 10.1 Å². The van der Waals surface area contributed by atoms with E-state index in [1.807, 2.05) is 29.0 Å². The van der Waals surface area contributed by atoms with Crippen LogP contribution in [-0.2, 0) is 9.84 Å². The molecule has 0 fully saturated rings. The van der Waals surface area contributed by atoms with E-state index in [2.05, 4.69) is 26.0 Å². The first-order valence-electron chi connectivity index (χ1n) is 9.94. The van der Waals surface area contributed by atoms with Crippen LogP contribution in [-0.4, -0.2) is 24.5 Å². The van der Waals surface area contributed by atoms with Crippen molar-refractivity contribution in [2.75, 3.05) is 0 Å². The van der Waals surface area contributed by atoms with Gasteiger partial charge in [0.2, 0.25) is 0 Å². The van der Waals surface area contributed by atoms with Gasteiger partial charge in [0.25, 0.3) is 0 Å². The second kappa shape index (κ2) is 8.97. The summed E-state index contributed by atoms with van der Waals surface area (Å²) in [6.07, 6.45) is 0. The summed E-state index contributed by atoms with van der Waals surface area (Å²) >= 11 is 2.67. The summed E-state index contributed by atoms with van der Waals surface area (Å²) in [7, 11) is -3.84. The Morgan fingerprint density at radius 2 is 1.66 bits per heavy atom. The highest BCUT2D eigenvalue weighted by Crippen LogP contribution is 2.40. The number of sulfone groups is 1. The monoisotopic (exact) mass is 483 g/mol. The zero-order valence-electron chi connectivity index (χ0n) is 17.4. The van der Waals surface area contributed by atoms with Crippen LogP contribution in [0, 0.1) is 0 Å². The molecule has 0 saturated heterocycles. The zero-order chi connectivity index (χ0) is 22.9. The molecule has 32 heavy (non-hydrogen) atoms. The molecule has 0 saturated carbocycles. The van der Waals surface area contributed by atoms with Crippen LogP contribution in [0.3, 0.4) is 0 Å². The average molecular weight is 484 g/mol. The summed E-state index contributed by atoms with van der Waals surface area (Å²) < 4.78 is 27.2. The molecule has 0 amide bonds. The number of aromatic carboxylic acids is 1. The lowest BCUT2D eigenvalue weighted by molar-refractivity contribution is 0.0696. The van der Waals surface area contributed by atoms with Crippen molar-refractivity contribution in [1.29, 1.82) is 0 Å². The van der Waals surface area contributed by atoms with Crippen molar-refractivity contribution in [3.63, 3.8) is 0 Å². The largest absolute Gasteiger partial charge is 0.478 e. The fourth-order valence-corrected chi connectivity index (χ4v) is 7.54. The second-order valence-corrected chi connectivity index (χ2v) is 11.5. The van der Waals surface area contributed by atoms with E-state index in [-0.39, 0.29) is 10.5 Å². The molecule has 1 atom stereocenters. The van der Waals surface area contributed by atoms with Crippen molar-refractivity contribution in [3.05, 3.63) is 92.4 Å². The van der Waals surface area contributed by atoms with E-state index in [1.165, 1.54) is 52.5 Å². The van der Waals surface area contributed by atoms with Gasteiger partial charge in [-0.25, -0.2) is 18.2 Å². The second-order valence-electron chi connectivity index (χ2n) is 7.62. The first-order valence-corrected chi connectivity index (χ1v) is 13.2. The Morgan fingerprint density at radius 3 is 2.22 bits per heavy atom. The maximum absolute atomic E-state index is 13.6. The molecule has 5 nitrogen and oxygen atoms in total. The smallest absolute Gasteiger partial charge is 0.335 e. The number of aromatic nitrogens is 1. The Morgan fingerprint density at radius 1 is 0.969 bits per heavy atom. The van der Waals surface area contributed by atoms with Crippen LogP contribution in [0.15, 0.2) is 76.3 Å². The molecule has 0 radical (unpaired) electrons. The lowest BCUT2D eigenvalue weighted by Crippen LogP contribution is -2.14. The molecule has 2 aromatic carbocycles. The first-order chi connectivity index (χ1) is 15.3. The number of hydrogen-bond acceptors (Lipinski definition) is 6. The Labute approximate surface area is 195 Å². The molecular formula is C24H21NO4S3. The van der Waals surface area contributed by atoms with Gasteiger partial charge in [0, 0.05) is 15.8 Å². The fourth-order valence-electron chi connectivity index (χ4n) is 3.35. The summed E-state index contributed by atoms with van der Waals surface area (Å²) in [4.78, 5) is 16.6. The topological polar surface area (TPSA) is 84.3 Å². The van der Waals surface area contributed by atoms with Crippen molar-refractivity contribution in [2.24, 2.45) is 0 Å². The Hall–Kier alpha value is -2.81. The lowest BCUT2D eigenvalue weighted by atomic mass is 10.0. The van der Waals surface area contributed by atoms with E-state index in [9.17, 15) is 13.2 Å². The minimum atomic E-state index is -3.84. The first kappa shape index (κ1) is 22.4. The third-order valence-corrected chi connectivity index (χ3v) is 9.33. The zero-order valence-corrected chi connectivity index (χ0v) is 19.9. The molecule has 0 bridgehead atoms. The lowest BCUT2D eigenvalue weighted by Gasteiger charge is -2.14. The Kier molecular flexibility index (Phi) is 6.28. The van der Waals surface area contributed by atoms with Gasteiger partial charge in [-0.05, 0) is 47.2 Å². The molecule has 1 unspecified atom stereocenters. The minimum Gasteiger partial charge on any atom is -0.478 e. The molecule has 4 aromatic rings. The van der Waals surface area contributed by atoms with Crippen LogP contribution >= 0.6 is 22.7 Å².